The van der Waals surface area contributed by atoms with Crippen LogP contribution >= 0.6 is 11.3 Å². The first kappa shape index (κ1) is 20.6. The highest BCUT2D eigenvalue weighted by Crippen LogP contribution is 2.15. The maximum absolute atomic E-state index is 12.7. The van der Waals surface area contributed by atoms with Crippen LogP contribution in [0.15, 0.2) is 17.5 Å². The molecule has 1 atom stereocenters. The molecule has 0 saturated heterocycles. The van der Waals surface area contributed by atoms with Gasteiger partial charge in [0.15, 0.2) is 0 Å². The minimum atomic E-state index is -0.318. The second-order valence-electron chi connectivity index (χ2n) is 5.89. The molecule has 1 unspecified atom stereocenters. The lowest BCUT2D eigenvalue weighted by molar-refractivity contribution is -0.145. The molecule has 0 aliphatic rings. The first-order valence-electron chi connectivity index (χ1n) is 8.66. The van der Waals surface area contributed by atoms with Crippen molar-refractivity contribution < 1.29 is 14.3 Å². The quantitative estimate of drug-likeness (QED) is 0.452. The zero-order valence-electron chi connectivity index (χ0n) is 15.3. The topological polar surface area (TPSA) is 49.9 Å². The second-order valence-corrected chi connectivity index (χ2v) is 6.83. The second kappa shape index (κ2) is 11.2. The van der Waals surface area contributed by atoms with Crippen molar-refractivity contribution in [1.29, 1.82) is 0 Å². The Kier molecular flexibility index (Phi) is 9.64. The van der Waals surface area contributed by atoms with Crippen molar-refractivity contribution in [3.8, 4) is 0 Å². The van der Waals surface area contributed by atoms with Gasteiger partial charge in [-0.3, -0.25) is 9.59 Å². The molecule has 0 spiro atoms. The number of nitrogens with zero attached hydrogens (tertiary/aromatic N) is 2. The highest BCUT2D eigenvalue weighted by molar-refractivity contribution is 7.12. The number of carbonyl (C=O) groups is 2. The molecule has 0 aromatic carbocycles. The van der Waals surface area contributed by atoms with Gasteiger partial charge in [0, 0.05) is 13.1 Å². The number of ether oxygens (including phenoxy) is 1. The highest BCUT2D eigenvalue weighted by atomic mass is 32.1. The van der Waals surface area contributed by atoms with Gasteiger partial charge in [0.05, 0.1) is 17.9 Å². The number of thiophene rings is 1. The molecule has 6 heteroatoms. The molecular formula is C18H30N2O3S. The smallest absolute Gasteiger partial charge is 0.310 e. The van der Waals surface area contributed by atoms with Crippen LogP contribution in [0.25, 0.3) is 0 Å². The molecule has 136 valence electrons. The fourth-order valence-electron chi connectivity index (χ4n) is 2.62. The van der Waals surface area contributed by atoms with Crippen LogP contribution in [-0.4, -0.2) is 61.5 Å². The molecule has 0 fully saturated rings. The predicted octanol–water partition coefficient (Wildman–Crippen LogP) is 3.12. The van der Waals surface area contributed by atoms with E-state index in [1.807, 2.05) is 17.5 Å². The Morgan fingerprint density at radius 3 is 2.42 bits per heavy atom. The summed E-state index contributed by atoms with van der Waals surface area (Å²) in [5, 5.41) is 1.90. The molecule has 0 radical (unpaired) electrons. The summed E-state index contributed by atoms with van der Waals surface area (Å²) in [6, 6.07) is 3.71. The third-order valence-electron chi connectivity index (χ3n) is 4.16. The molecule has 0 N–H and O–H groups in total. The van der Waals surface area contributed by atoms with E-state index in [1.54, 1.807) is 11.8 Å². The number of unbranched alkanes of at least 4 members (excludes halogenated alkanes) is 1. The van der Waals surface area contributed by atoms with E-state index in [-0.39, 0.29) is 17.8 Å². The van der Waals surface area contributed by atoms with E-state index >= 15 is 0 Å². The van der Waals surface area contributed by atoms with Crippen LogP contribution in [0, 0.1) is 5.92 Å². The van der Waals surface area contributed by atoms with Crippen molar-refractivity contribution in [2.45, 2.75) is 33.6 Å². The van der Waals surface area contributed by atoms with Gasteiger partial charge in [0.2, 0.25) is 0 Å². The average molecular weight is 355 g/mol. The summed E-state index contributed by atoms with van der Waals surface area (Å²) in [5.74, 6) is -0.590. The molecule has 0 aliphatic heterocycles. The van der Waals surface area contributed by atoms with Gasteiger partial charge in [-0.25, -0.2) is 0 Å². The van der Waals surface area contributed by atoms with E-state index in [0.717, 1.165) is 37.4 Å². The molecule has 1 amide bonds. The molecule has 0 bridgehead atoms. The Hall–Kier alpha value is -1.40. The predicted molar refractivity (Wildman–Crippen MR) is 98.4 cm³/mol. The monoisotopic (exact) mass is 354 g/mol. The summed E-state index contributed by atoms with van der Waals surface area (Å²) in [7, 11) is 1.38. The fraction of sp³-hybridized carbons (Fsp3) is 0.667. The number of esters is 1. The van der Waals surface area contributed by atoms with Gasteiger partial charge >= 0.3 is 5.97 Å². The van der Waals surface area contributed by atoms with Gasteiger partial charge in [-0.1, -0.05) is 26.8 Å². The zero-order valence-corrected chi connectivity index (χ0v) is 16.1. The summed E-state index contributed by atoms with van der Waals surface area (Å²) >= 11 is 1.44. The normalized spacial score (nSPS) is 12.2. The van der Waals surface area contributed by atoms with Crippen molar-refractivity contribution in [3.05, 3.63) is 22.4 Å². The third kappa shape index (κ3) is 6.61. The lowest BCUT2D eigenvalue weighted by Crippen LogP contribution is -2.38. The van der Waals surface area contributed by atoms with Crippen LogP contribution < -0.4 is 0 Å². The lowest BCUT2D eigenvalue weighted by atomic mass is 10.1. The minimum absolute atomic E-state index is 0.00333. The Labute approximate surface area is 149 Å². The SMILES string of the molecule is CCN(CC)CCCCN(CC(C)C(=O)OC)C(=O)c1cccs1. The molecule has 1 aromatic rings. The third-order valence-corrected chi connectivity index (χ3v) is 5.02. The molecule has 1 aromatic heterocycles. The Bertz CT molecular complexity index is 486. The standard InChI is InChI=1S/C18H30N2O3S/c1-5-19(6-2)11-7-8-12-20(14-15(3)18(22)23-4)17(21)16-10-9-13-24-16/h9-10,13,15H,5-8,11-12,14H2,1-4H3. The molecular weight excluding hydrogens is 324 g/mol. The first-order chi connectivity index (χ1) is 11.5. The maximum atomic E-state index is 12.7. The maximum Gasteiger partial charge on any atom is 0.310 e. The van der Waals surface area contributed by atoms with Crippen LogP contribution in [-0.2, 0) is 9.53 Å². The summed E-state index contributed by atoms with van der Waals surface area (Å²) in [4.78, 5) is 29.2. The van der Waals surface area contributed by atoms with Crippen LogP contribution in [0.2, 0.25) is 0 Å². The van der Waals surface area contributed by atoms with Crippen LogP contribution in [0.3, 0.4) is 0 Å². The van der Waals surface area contributed by atoms with Crippen molar-refractivity contribution in [2.75, 3.05) is 39.8 Å². The van der Waals surface area contributed by atoms with E-state index in [4.69, 9.17) is 4.74 Å². The number of amides is 1. The van der Waals surface area contributed by atoms with Gasteiger partial charge in [-0.15, -0.1) is 11.3 Å². The number of hydrogen-bond acceptors (Lipinski definition) is 5. The van der Waals surface area contributed by atoms with Crippen molar-refractivity contribution >= 4 is 23.2 Å². The lowest BCUT2D eigenvalue weighted by Gasteiger charge is -2.25. The minimum Gasteiger partial charge on any atom is -0.469 e. The van der Waals surface area contributed by atoms with Gasteiger partial charge in [-0.05, 0) is 43.9 Å². The number of rotatable bonds is 11. The first-order valence-corrected chi connectivity index (χ1v) is 9.54. The van der Waals surface area contributed by atoms with Crippen molar-refractivity contribution in [2.24, 2.45) is 5.92 Å². The van der Waals surface area contributed by atoms with Crippen LogP contribution in [0.5, 0.6) is 0 Å². The number of hydrogen-bond donors (Lipinski definition) is 0. The molecule has 5 nitrogen and oxygen atoms in total. The highest BCUT2D eigenvalue weighted by Gasteiger charge is 2.22. The molecule has 1 heterocycles. The van der Waals surface area contributed by atoms with Gasteiger partial charge in [0.25, 0.3) is 5.91 Å². The fourth-order valence-corrected chi connectivity index (χ4v) is 3.31. The number of methoxy groups -OCH3 is 1. The Morgan fingerprint density at radius 1 is 1.21 bits per heavy atom. The summed E-state index contributed by atoms with van der Waals surface area (Å²) in [6.45, 7) is 10.3. The van der Waals surface area contributed by atoms with Gasteiger partial charge < -0.3 is 14.5 Å². The van der Waals surface area contributed by atoms with E-state index in [1.165, 1.54) is 18.4 Å². The molecule has 24 heavy (non-hydrogen) atoms. The summed E-state index contributed by atoms with van der Waals surface area (Å²) in [6.07, 6.45) is 1.98. The van der Waals surface area contributed by atoms with Crippen LogP contribution in [0.1, 0.15) is 43.3 Å². The molecule has 0 aliphatic carbocycles. The zero-order chi connectivity index (χ0) is 17.9. The largest absolute Gasteiger partial charge is 0.469 e. The summed E-state index contributed by atoms with van der Waals surface area (Å²) in [5.41, 5.74) is 0. The van der Waals surface area contributed by atoms with E-state index < -0.39 is 0 Å². The Morgan fingerprint density at radius 2 is 1.88 bits per heavy atom. The average Bonchev–Trinajstić information content (AvgIpc) is 3.13. The molecule has 1 rings (SSSR count). The molecule has 0 saturated carbocycles. The summed E-state index contributed by atoms with van der Waals surface area (Å²) < 4.78 is 4.79. The van der Waals surface area contributed by atoms with Gasteiger partial charge in [-0.2, -0.15) is 0 Å². The van der Waals surface area contributed by atoms with Crippen LogP contribution in [0.4, 0.5) is 0 Å². The van der Waals surface area contributed by atoms with Crippen molar-refractivity contribution in [1.82, 2.24) is 9.80 Å². The Balaban J connectivity index is 2.60. The number of carbonyl (C=O) groups excluding carboxylic acids is 2. The van der Waals surface area contributed by atoms with Crippen molar-refractivity contribution in [3.63, 3.8) is 0 Å². The van der Waals surface area contributed by atoms with E-state index in [0.29, 0.717) is 13.1 Å². The van der Waals surface area contributed by atoms with E-state index in [9.17, 15) is 9.59 Å². The van der Waals surface area contributed by atoms with E-state index in [2.05, 4.69) is 18.7 Å². The van der Waals surface area contributed by atoms with Gasteiger partial charge in [0.1, 0.15) is 0 Å².